The van der Waals surface area contributed by atoms with Crippen molar-refractivity contribution in [2.75, 3.05) is 39.4 Å². The van der Waals surface area contributed by atoms with Gasteiger partial charge in [-0.2, -0.15) is 8.42 Å². The van der Waals surface area contributed by atoms with Crippen LogP contribution in [0.15, 0.2) is 24.5 Å². The highest BCUT2D eigenvalue weighted by atomic mass is 32.2. The minimum atomic E-state index is -3.46. The van der Waals surface area contributed by atoms with Crippen LogP contribution in [-0.4, -0.2) is 57.7 Å². The molecule has 1 fully saturated rings. The van der Waals surface area contributed by atoms with E-state index in [1.165, 1.54) is 0 Å². The van der Waals surface area contributed by atoms with Gasteiger partial charge in [0.1, 0.15) is 0 Å². The Kier molecular flexibility index (Phi) is 6.71. The molecular weight excluding hydrogens is 304 g/mol. The molecule has 2 rings (SSSR count). The fourth-order valence-electron chi connectivity index (χ4n) is 2.40. The van der Waals surface area contributed by atoms with Crippen molar-refractivity contribution in [3.8, 4) is 0 Å². The molecule has 2 heterocycles. The van der Waals surface area contributed by atoms with Crippen LogP contribution < -0.4 is 9.44 Å². The van der Waals surface area contributed by atoms with Gasteiger partial charge in [-0.25, -0.2) is 9.44 Å². The maximum Gasteiger partial charge on any atom is 0.276 e. The minimum absolute atomic E-state index is 0.0456. The monoisotopic (exact) mass is 328 g/mol. The number of aromatic nitrogens is 1. The molecule has 1 aliphatic heterocycles. The molecule has 22 heavy (non-hydrogen) atoms. The summed E-state index contributed by atoms with van der Waals surface area (Å²) in [5, 5.41) is 0. The molecule has 1 atom stereocenters. The number of hydrogen-bond acceptors (Lipinski definition) is 5. The summed E-state index contributed by atoms with van der Waals surface area (Å²) in [7, 11) is -3.46. The van der Waals surface area contributed by atoms with Crippen LogP contribution in [0.2, 0.25) is 0 Å². The van der Waals surface area contributed by atoms with E-state index in [9.17, 15) is 8.42 Å². The number of nitrogens with zero attached hydrogens (tertiary/aromatic N) is 2. The van der Waals surface area contributed by atoms with E-state index in [0.717, 1.165) is 25.1 Å². The lowest BCUT2D eigenvalue weighted by Crippen LogP contribution is -2.46. The maximum atomic E-state index is 11.9. The smallest absolute Gasteiger partial charge is 0.276 e. The van der Waals surface area contributed by atoms with Crippen molar-refractivity contribution in [2.24, 2.45) is 0 Å². The molecule has 8 heteroatoms. The molecule has 1 saturated heterocycles. The third-order valence-electron chi connectivity index (χ3n) is 3.56. The molecular formula is C14H24N4O3S. The Hall–Kier alpha value is -1.06. The molecule has 0 bridgehead atoms. The SMILES string of the molecule is CCCNS(=O)(=O)NCC(c1cccnc1)N1CCOCC1. The summed E-state index contributed by atoms with van der Waals surface area (Å²) in [6.07, 6.45) is 4.26. The molecule has 0 radical (unpaired) electrons. The number of nitrogens with one attached hydrogen (secondary N) is 2. The van der Waals surface area contributed by atoms with Crippen LogP contribution in [-0.2, 0) is 14.9 Å². The van der Waals surface area contributed by atoms with E-state index < -0.39 is 10.2 Å². The first kappa shape index (κ1) is 17.3. The second-order valence-corrected chi connectivity index (χ2v) is 6.78. The number of morpholine rings is 1. The second kappa shape index (κ2) is 8.54. The first-order valence-corrected chi connectivity index (χ1v) is 9.06. The van der Waals surface area contributed by atoms with Gasteiger partial charge in [0.2, 0.25) is 0 Å². The van der Waals surface area contributed by atoms with Crippen LogP contribution in [0.25, 0.3) is 0 Å². The topological polar surface area (TPSA) is 83.6 Å². The highest BCUT2D eigenvalue weighted by Gasteiger charge is 2.24. The summed E-state index contributed by atoms with van der Waals surface area (Å²) in [5.41, 5.74) is 1.00. The molecule has 7 nitrogen and oxygen atoms in total. The largest absolute Gasteiger partial charge is 0.379 e. The Morgan fingerprint density at radius 3 is 2.77 bits per heavy atom. The van der Waals surface area contributed by atoms with Gasteiger partial charge in [0, 0.05) is 38.6 Å². The van der Waals surface area contributed by atoms with Crippen molar-refractivity contribution in [2.45, 2.75) is 19.4 Å². The van der Waals surface area contributed by atoms with Crippen molar-refractivity contribution >= 4 is 10.2 Å². The van der Waals surface area contributed by atoms with E-state index in [2.05, 4.69) is 19.3 Å². The summed E-state index contributed by atoms with van der Waals surface area (Å²) >= 11 is 0. The van der Waals surface area contributed by atoms with Crippen LogP contribution in [0, 0.1) is 0 Å². The standard InChI is InChI=1S/C14H24N4O3S/c1-2-5-16-22(19,20)17-12-14(13-4-3-6-15-11-13)18-7-9-21-10-8-18/h3-4,6,11,14,16-17H,2,5,7-10,12H2,1H3. The van der Waals surface area contributed by atoms with E-state index in [4.69, 9.17) is 4.74 Å². The van der Waals surface area contributed by atoms with Crippen molar-refractivity contribution in [3.63, 3.8) is 0 Å². The summed E-state index contributed by atoms with van der Waals surface area (Å²) in [4.78, 5) is 6.37. The maximum absolute atomic E-state index is 11.9. The zero-order chi connectivity index (χ0) is 15.8. The lowest BCUT2D eigenvalue weighted by molar-refractivity contribution is 0.0171. The van der Waals surface area contributed by atoms with Gasteiger partial charge < -0.3 is 4.74 Å². The Morgan fingerprint density at radius 1 is 1.36 bits per heavy atom. The van der Waals surface area contributed by atoms with Gasteiger partial charge in [-0.15, -0.1) is 0 Å². The van der Waals surface area contributed by atoms with Gasteiger partial charge in [-0.1, -0.05) is 13.0 Å². The summed E-state index contributed by atoms with van der Waals surface area (Å²) in [5.74, 6) is 0. The van der Waals surface area contributed by atoms with Crippen LogP contribution in [0.1, 0.15) is 24.9 Å². The Labute approximate surface area is 132 Å². The summed E-state index contributed by atoms with van der Waals surface area (Å²) < 4.78 is 34.4. The normalized spacial score (nSPS) is 18.2. The Balaban J connectivity index is 2.05. The second-order valence-electron chi connectivity index (χ2n) is 5.20. The zero-order valence-corrected chi connectivity index (χ0v) is 13.7. The highest BCUT2D eigenvalue weighted by molar-refractivity contribution is 7.87. The summed E-state index contributed by atoms with van der Waals surface area (Å²) in [6.45, 7) is 5.56. The quantitative estimate of drug-likeness (QED) is 0.717. The molecule has 1 aromatic rings. The van der Waals surface area contributed by atoms with E-state index in [1.807, 2.05) is 19.1 Å². The van der Waals surface area contributed by atoms with E-state index in [1.54, 1.807) is 12.4 Å². The molecule has 1 unspecified atom stereocenters. The van der Waals surface area contributed by atoms with Crippen LogP contribution in [0.4, 0.5) is 0 Å². The fraction of sp³-hybridized carbons (Fsp3) is 0.643. The van der Waals surface area contributed by atoms with Gasteiger partial charge in [-0.3, -0.25) is 9.88 Å². The van der Waals surface area contributed by atoms with E-state index in [0.29, 0.717) is 26.3 Å². The van der Waals surface area contributed by atoms with Crippen molar-refractivity contribution in [1.29, 1.82) is 0 Å². The van der Waals surface area contributed by atoms with Gasteiger partial charge in [0.15, 0.2) is 0 Å². The van der Waals surface area contributed by atoms with Crippen LogP contribution in [0.5, 0.6) is 0 Å². The van der Waals surface area contributed by atoms with Gasteiger partial charge >= 0.3 is 0 Å². The lowest BCUT2D eigenvalue weighted by Gasteiger charge is -2.34. The molecule has 1 aliphatic rings. The molecule has 1 aromatic heterocycles. The first-order chi connectivity index (χ1) is 10.6. The highest BCUT2D eigenvalue weighted by Crippen LogP contribution is 2.20. The van der Waals surface area contributed by atoms with Gasteiger partial charge in [0.05, 0.1) is 19.3 Å². The predicted molar refractivity (Wildman–Crippen MR) is 84.6 cm³/mol. The van der Waals surface area contributed by atoms with Crippen LogP contribution in [0.3, 0.4) is 0 Å². The van der Waals surface area contributed by atoms with Gasteiger partial charge in [0.25, 0.3) is 10.2 Å². The molecule has 0 aliphatic carbocycles. The third-order valence-corrected chi connectivity index (χ3v) is 4.70. The Bertz CT molecular complexity index is 532. The van der Waals surface area contributed by atoms with E-state index in [-0.39, 0.29) is 6.04 Å². The van der Waals surface area contributed by atoms with Crippen molar-refractivity contribution < 1.29 is 13.2 Å². The molecule has 2 N–H and O–H groups in total. The molecule has 0 spiro atoms. The molecule has 0 saturated carbocycles. The molecule has 0 aromatic carbocycles. The lowest BCUT2D eigenvalue weighted by atomic mass is 10.1. The average molecular weight is 328 g/mol. The third kappa shape index (κ3) is 5.29. The van der Waals surface area contributed by atoms with Gasteiger partial charge in [-0.05, 0) is 18.1 Å². The molecule has 124 valence electrons. The number of rotatable bonds is 8. The Morgan fingerprint density at radius 2 is 2.14 bits per heavy atom. The predicted octanol–water partition coefficient (Wildman–Crippen LogP) is 0.289. The van der Waals surface area contributed by atoms with Crippen LogP contribution >= 0.6 is 0 Å². The average Bonchev–Trinajstić information content (AvgIpc) is 2.55. The zero-order valence-electron chi connectivity index (χ0n) is 12.9. The summed E-state index contributed by atoms with van der Waals surface area (Å²) in [6, 6.07) is 3.80. The molecule has 0 amide bonds. The van der Waals surface area contributed by atoms with Crippen molar-refractivity contribution in [1.82, 2.24) is 19.3 Å². The minimum Gasteiger partial charge on any atom is -0.379 e. The number of ether oxygens (including phenoxy) is 1. The van der Waals surface area contributed by atoms with E-state index >= 15 is 0 Å². The number of pyridine rings is 1. The first-order valence-electron chi connectivity index (χ1n) is 7.58. The fourth-order valence-corrected chi connectivity index (χ4v) is 3.35. The number of hydrogen-bond donors (Lipinski definition) is 2. The van der Waals surface area contributed by atoms with Crippen molar-refractivity contribution in [3.05, 3.63) is 30.1 Å².